The molecule has 4 nitrogen and oxygen atoms in total. The van der Waals surface area contributed by atoms with E-state index < -0.39 is 8.60 Å². The van der Waals surface area contributed by atoms with E-state index in [2.05, 4.69) is 4.90 Å². The molecule has 80 valence electrons. The maximum absolute atomic E-state index is 5.41. The fraction of sp³-hybridized carbons (Fsp3) is 1.00. The molecule has 5 heteroatoms. The van der Waals surface area contributed by atoms with Crippen LogP contribution in [0.5, 0.6) is 0 Å². The van der Waals surface area contributed by atoms with Gasteiger partial charge in [0.15, 0.2) is 0 Å². The van der Waals surface area contributed by atoms with Gasteiger partial charge in [-0.2, -0.15) is 0 Å². The van der Waals surface area contributed by atoms with Crippen molar-refractivity contribution in [1.82, 2.24) is 4.90 Å². The summed E-state index contributed by atoms with van der Waals surface area (Å²) in [6.45, 7) is 6.67. The van der Waals surface area contributed by atoms with Gasteiger partial charge in [0.05, 0.1) is 19.8 Å². The highest BCUT2D eigenvalue weighted by atomic mass is 31.2. The van der Waals surface area contributed by atoms with Crippen LogP contribution in [0.15, 0.2) is 0 Å². The summed E-state index contributed by atoms with van der Waals surface area (Å²) >= 11 is 0. The van der Waals surface area contributed by atoms with Crippen molar-refractivity contribution < 1.29 is 13.6 Å². The first-order valence-electron chi connectivity index (χ1n) is 4.54. The molecule has 13 heavy (non-hydrogen) atoms. The maximum Gasteiger partial charge on any atom is 0.332 e. The third-order valence-corrected chi connectivity index (χ3v) is 2.54. The second-order valence-corrected chi connectivity index (χ2v) is 3.92. The molecule has 0 radical (unpaired) electrons. The zero-order valence-corrected chi connectivity index (χ0v) is 9.84. The van der Waals surface area contributed by atoms with Gasteiger partial charge < -0.3 is 18.5 Å². The lowest BCUT2D eigenvalue weighted by atomic mass is 10.6. The van der Waals surface area contributed by atoms with Crippen molar-refractivity contribution in [2.24, 2.45) is 0 Å². The lowest BCUT2D eigenvalue weighted by Gasteiger charge is -2.16. The predicted octanol–water partition coefficient (Wildman–Crippen LogP) is 1.86. The van der Waals surface area contributed by atoms with Crippen LogP contribution in [-0.2, 0) is 13.6 Å². The minimum absolute atomic E-state index is 0.633. The smallest absolute Gasteiger partial charge is 0.313 e. The number of hydrogen-bond donors (Lipinski definition) is 0. The summed E-state index contributed by atoms with van der Waals surface area (Å²) in [6, 6.07) is 0. The van der Waals surface area contributed by atoms with E-state index in [0.717, 1.165) is 6.54 Å². The van der Waals surface area contributed by atoms with Crippen LogP contribution in [-0.4, -0.2) is 45.4 Å². The van der Waals surface area contributed by atoms with E-state index in [1.165, 1.54) is 0 Å². The Bertz CT molecular complexity index is 108. The molecule has 0 N–H and O–H groups in total. The average molecular weight is 209 g/mol. The van der Waals surface area contributed by atoms with Gasteiger partial charge in [0.25, 0.3) is 0 Å². The molecule has 0 atom stereocenters. The fourth-order valence-electron chi connectivity index (χ4n) is 0.621. The van der Waals surface area contributed by atoms with Crippen molar-refractivity contribution in [3.8, 4) is 0 Å². The Kier molecular flexibility index (Phi) is 9.03. The number of nitrogens with zero attached hydrogens (tertiary/aromatic N) is 1. The van der Waals surface area contributed by atoms with Gasteiger partial charge in [-0.3, -0.25) is 0 Å². The Morgan fingerprint density at radius 1 is 1.00 bits per heavy atom. The SMILES string of the molecule is CCOP(OCC)OCCN(C)C. The van der Waals surface area contributed by atoms with Crippen LogP contribution in [0.1, 0.15) is 13.8 Å². The fourth-order valence-corrected chi connectivity index (χ4v) is 1.50. The highest BCUT2D eigenvalue weighted by Gasteiger charge is 2.09. The van der Waals surface area contributed by atoms with E-state index in [4.69, 9.17) is 13.6 Å². The van der Waals surface area contributed by atoms with Crippen molar-refractivity contribution in [2.75, 3.05) is 40.5 Å². The molecule has 0 aromatic heterocycles. The summed E-state index contributed by atoms with van der Waals surface area (Å²) in [5.41, 5.74) is 0. The topological polar surface area (TPSA) is 30.9 Å². The molecule has 0 aromatic carbocycles. The van der Waals surface area contributed by atoms with Gasteiger partial charge in [-0.1, -0.05) is 0 Å². The highest BCUT2D eigenvalue weighted by Crippen LogP contribution is 2.38. The Labute approximate surface area is 82.2 Å². The maximum atomic E-state index is 5.41. The van der Waals surface area contributed by atoms with Gasteiger partial charge in [0, 0.05) is 6.54 Å². The van der Waals surface area contributed by atoms with Crippen molar-refractivity contribution in [2.45, 2.75) is 13.8 Å². The van der Waals surface area contributed by atoms with E-state index in [0.29, 0.717) is 19.8 Å². The zero-order chi connectivity index (χ0) is 10.1. The number of rotatable bonds is 8. The van der Waals surface area contributed by atoms with Gasteiger partial charge in [-0.25, -0.2) is 0 Å². The summed E-state index contributed by atoms with van der Waals surface area (Å²) in [5, 5.41) is 0. The largest absolute Gasteiger partial charge is 0.332 e. The van der Waals surface area contributed by atoms with Gasteiger partial charge in [-0.15, -0.1) is 0 Å². The van der Waals surface area contributed by atoms with Crippen LogP contribution >= 0.6 is 8.60 Å². The predicted molar refractivity (Wildman–Crippen MR) is 54.7 cm³/mol. The minimum atomic E-state index is -1.12. The lowest BCUT2D eigenvalue weighted by molar-refractivity contribution is 0.160. The van der Waals surface area contributed by atoms with Crippen LogP contribution in [0.3, 0.4) is 0 Å². The summed E-state index contributed by atoms with van der Waals surface area (Å²) in [5.74, 6) is 0. The molecule has 0 rings (SSSR count). The molecule has 0 aliphatic heterocycles. The molecule has 0 aliphatic carbocycles. The summed E-state index contributed by atoms with van der Waals surface area (Å²) in [6.07, 6.45) is 0. The molecule has 0 amide bonds. The van der Waals surface area contributed by atoms with Gasteiger partial charge in [0.2, 0.25) is 0 Å². The van der Waals surface area contributed by atoms with Crippen LogP contribution in [0, 0.1) is 0 Å². The summed E-state index contributed by atoms with van der Waals surface area (Å²) in [4.78, 5) is 2.06. The summed E-state index contributed by atoms with van der Waals surface area (Å²) < 4.78 is 15.9. The van der Waals surface area contributed by atoms with Gasteiger partial charge in [0.1, 0.15) is 0 Å². The first-order chi connectivity index (χ1) is 6.20. The van der Waals surface area contributed by atoms with Crippen molar-refractivity contribution in [3.05, 3.63) is 0 Å². The van der Waals surface area contributed by atoms with Crippen LogP contribution in [0.4, 0.5) is 0 Å². The second kappa shape index (κ2) is 8.85. The molecule has 0 aromatic rings. The zero-order valence-electron chi connectivity index (χ0n) is 8.95. The quantitative estimate of drug-likeness (QED) is 0.571. The molecule has 0 saturated carbocycles. The van der Waals surface area contributed by atoms with E-state index in [1.54, 1.807) is 0 Å². The Hall–Kier alpha value is 0.270. The van der Waals surface area contributed by atoms with Crippen LogP contribution in [0.25, 0.3) is 0 Å². The molecule has 0 fully saturated rings. The third-order valence-electron chi connectivity index (χ3n) is 1.20. The third kappa shape index (κ3) is 8.60. The van der Waals surface area contributed by atoms with E-state index >= 15 is 0 Å². The minimum Gasteiger partial charge on any atom is -0.313 e. The van der Waals surface area contributed by atoms with E-state index in [-0.39, 0.29) is 0 Å². The molecule has 0 aliphatic rings. The Morgan fingerprint density at radius 3 is 1.92 bits per heavy atom. The summed E-state index contributed by atoms with van der Waals surface area (Å²) in [7, 11) is 2.90. The molecule has 0 bridgehead atoms. The van der Waals surface area contributed by atoms with Crippen LogP contribution in [0.2, 0.25) is 0 Å². The molecule has 0 heterocycles. The Balaban J connectivity index is 3.44. The van der Waals surface area contributed by atoms with Crippen molar-refractivity contribution in [1.29, 1.82) is 0 Å². The first-order valence-corrected chi connectivity index (χ1v) is 5.63. The number of likely N-dealkylation sites (N-methyl/N-ethyl adjacent to an activating group) is 1. The van der Waals surface area contributed by atoms with Crippen LogP contribution < -0.4 is 0 Å². The monoisotopic (exact) mass is 209 g/mol. The second-order valence-electron chi connectivity index (χ2n) is 2.70. The molecule has 0 saturated heterocycles. The molecule has 0 spiro atoms. The first kappa shape index (κ1) is 13.3. The van der Waals surface area contributed by atoms with Crippen molar-refractivity contribution in [3.63, 3.8) is 0 Å². The van der Waals surface area contributed by atoms with Gasteiger partial charge in [-0.05, 0) is 27.9 Å². The average Bonchev–Trinajstić information content (AvgIpc) is 2.04. The lowest BCUT2D eigenvalue weighted by Crippen LogP contribution is -2.17. The molecular weight excluding hydrogens is 189 g/mol. The standard InChI is InChI=1S/C8H20NO3P/c1-5-10-13(11-6-2)12-8-7-9(3)4/h5-8H2,1-4H3. The van der Waals surface area contributed by atoms with Crippen molar-refractivity contribution >= 4 is 8.60 Å². The highest BCUT2D eigenvalue weighted by molar-refractivity contribution is 7.41. The Morgan fingerprint density at radius 2 is 1.54 bits per heavy atom. The van der Waals surface area contributed by atoms with Gasteiger partial charge >= 0.3 is 8.60 Å². The molecular formula is C8H20NO3P. The normalized spacial score (nSPS) is 11.5. The van der Waals surface area contributed by atoms with E-state index in [9.17, 15) is 0 Å². The number of hydrogen-bond acceptors (Lipinski definition) is 4. The van der Waals surface area contributed by atoms with E-state index in [1.807, 2.05) is 27.9 Å². The molecule has 0 unspecified atom stereocenters.